The molecule has 1 aliphatic rings. The average molecular weight is 559 g/mol. The van der Waals surface area contributed by atoms with Gasteiger partial charge in [0.1, 0.15) is 0 Å². The molecule has 2 N–H and O–H groups in total. The van der Waals surface area contributed by atoms with E-state index in [-0.39, 0.29) is 29.9 Å². The highest BCUT2D eigenvalue weighted by molar-refractivity contribution is 14.0. The zero-order valence-corrected chi connectivity index (χ0v) is 20.6. The van der Waals surface area contributed by atoms with Gasteiger partial charge in [0.25, 0.3) is 0 Å². The number of halogens is 4. The summed E-state index contributed by atoms with van der Waals surface area (Å²) in [7, 11) is 0. The van der Waals surface area contributed by atoms with E-state index >= 15 is 0 Å². The Morgan fingerprint density at radius 3 is 2.52 bits per heavy atom. The van der Waals surface area contributed by atoms with Crippen molar-refractivity contribution in [3.8, 4) is 5.88 Å². The van der Waals surface area contributed by atoms with E-state index < -0.39 is 12.8 Å². The zero-order chi connectivity index (χ0) is 22.0. The molecule has 11 heteroatoms. The van der Waals surface area contributed by atoms with Crippen LogP contribution < -0.4 is 15.4 Å². The monoisotopic (exact) mass is 559 g/mol. The van der Waals surface area contributed by atoms with Crippen molar-refractivity contribution in [1.29, 1.82) is 0 Å². The molecule has 7 nitrogen and oxygen atoms in total. The lowest BCUT2D eigenvalue weighted by atomic mass is 10.0. The van der Waals surface area contributed by atoms with E-state index in [9.17, 15) is 13.2 Å². The van der Waals surface area contributed by atoms with Crippen LogP contribution in [-0.2, 0) is 11.3 Å². The highest BCUT2D eigenvalue weighted by Crippen LogP contribution is 2.17. The standard InChI is InChI=1S/C20H32F3N5O2.HI/c1-4-24-19(27-13-17(15(2)3)28-7-9-29-10-8-28)26-12-16-5-6-18(25-11-16)30-14-20(21,22)23;/h5-6,11,15,17H,4,7-10,12-14H2,1-3H3,(H2,24,26,27);1H. The first-order chi connectivity index (χ1) is 14.3. The third kappa shape index (κ3) is 10.7. The third-order valence-electron chi connectivity index (χ3n) is 4.71. The number of morpholine rings is 1. The van der Waals surface area contributed by atoms with E-state index in [0.717, 1.165) is 45.0 Å². The molecule has 0 amide bonds. The molecule has 1 aromatic heterocycles. The molecule has 178 valence electrons. The molecule has 31 heavy (non-hydrogen) atoms. The van der Waals surface area contributed by atoms with Gasteiger partial charge in [-0.15, -0.1) is 24.0 Å². The molecule has 0 aromatic carbocycles. The predicted molar refractivity (Wildman–Crippen MR) is 125 cm³/mol. The molecule has 2 heterocycles. The maximum atomic E-state index is 12.2. The van der Waals surface area contributed by atoms with Crippen LogP contribution >= 0.6 is 24.0 Å². The van der Waals surface area contributed by atoms with Gasteiger partial charge in [-0.2, -0.15) is 13.2 Å². The van der Waals surface area contributed by atoms with Crippen LogP contribution in [0.15, 0.2) is 23.3 Å². The molecule has 0 radical (unpaired) electrons. The summed E-state index contributed by atoms with van der Waals surface area (Å²) in [4.78, 5) is 10.9. The van der Waals surface area contributed by atoms with Crippen molar-refractivity contribution >= 4 is 29.9 Å². The Hall–Kier alpha value is -1.34. The SMILES string of the molecule is CCNC(=NCc1ccc(OCC(F)(F)F)nc1)NCC(C(C)C)N1CCOCC1.I. The van der Waals surface area contributed by atoms with Crippen LogP contribution in [-0.4, -0.2) is 74.1 Å². The second-order valence-corrected chi connectivity index (χ2v) is 7.44. The summed E-state index contributed by atoms with van der Waals surface area (Å²) < 4.78 is 46.7. The summed E-state index contributed by atoms with van der Waals surface area (Å²) in [5.41, 5.74) is 0.778. The number of rotatable bonds is 9. The maximum Gasteiger partial charge on any atom is 0.422 e. The molecule has 1 unspecified atom stereocenters. The van der Waals surface area contributed by atoms with Gasteiger partial charge in [0, 0.05) is 44.5 Å². The van der Waals surface area contributed by atoms with Crippen molar-refractivity contribution in [2.24, 2.45) is 10.9 Å². The lowest BCUT2D eigenvalue weighted by Gasteiger charge is -2.37. The summed E-state index contributed by atoms with van der Waals surface area (Å²) in [5, 5.41) is 6.63. The Balaban J connectivity index is 0.00000480. The van der Waals surface area contributed by atoms with Gasteiger partial charge in [0.15, 0.2) is 12.6 Å². The van der Waals surface area contributed by atoms with Crippen molar-refractivity contribution in [3.63, 3.8) is 0 Å². The fourth-order valence-corrected chi connectivity index (χ4v) is 3.15. The van der Waals surface area contributed by atoms with E-state index in [1.807, 2.05) is 6.92 Å². The summed E-state index contributed by atoms with van der Waals surface area (Å²) in [6, 6.07) is 3.45. The zero-order valence-electron chi connectivity index (χ0n) is 18.2. The number of aromatic nitrogens is 1. The quantitative estimate of drug-likeness (QED) is 0.276. The molecular weight excluding hydrogens is 526 g/mol. The number of alkyl halides is 3. The van der Waals surface area contributed by atoms with Gasteiger partial charge in [0.2, 0.25) is 5.88 Å². The summed E-state index contributed by atoms with van der Waals surface area (Å²) in [5.74, 6) is 1.11. The molecule has 1 saturated heterocycles. The van der Waals surface area contributed by atoms with Crippen LogP contribution in [0.3, 0.4) is 0 Å². The first-order valence-electron chi connectivity index (χ1n) is 10.3. The summed E-state index contributed by atoms with van der Waals surface area (Å²) in [6.45, 7) is 10.2. The summed E-state index contributed by atoms with van der Waals surface area (Å²) >= 11 is 0. The minimum Gasteiger partial charge on any atom is -0.468 e. The van der Waals surface area contributed by atoms with Gasteiger partial charge >= 0.3 is 6.18 Å². The largest absolute Gasteiger partial charge is 0.468 e. The van der Waals surface area contributed by atoms with Crippen molar-refractivity contribution in [3.05, 3.63) is 23.9 Å². The number of pyridine rings is 1. The van der Waals surface area contributed by atoms with Gasteiger partial charge in [-0.1, -0.05) is 19.9 Å². The number of aliphatic imine (C=N–C) groups is 1. The average Bonchev–Trinajstić information content (AvgIpc) is 2.71. The Labute approximate surface area is 199 Å². The fourth-order valence-electron chi connectivity index (χ4n) is 3.15. The molecule has 2 rings (SSSR count). The van der Waals surface area contributed by atoms with Gasteiger partial charge in [-0.3, -0.25) is 4.90 Å². The van der Waals surface area contributed by atoms with Gasteiger partial charge in [0.05, 0.1) is 19.8 Å². The maximum absolute atomic E-state index is 12.2. The molecule has 0 bridgehead atoms. The Bertz CT molecular complexity index is 653. The predicted octanol–water partition coefficient (Wildman–Crippen LogP) is 3.05. The lowest BCUT2D eigenvalue weighted by molar-refractivity contribution is -0.154. The van der Waals surface area contributed by atoms with Gasteiger partial charge < -0.3 is 20.1 Å². The topological polar surface area (TPSA) is 71.0 Å². The van der Waals surface area contributed by atoms with E-state index in [0.29, 0.717) is 24.5 Å². The molecule has 0 aliphatic carbocycles. The minimum absolute atomic E-state index is 0. The molecule has 0 spiro atoms. The molecule has 0 saturated carbocycles. The molecule has 1 atom stereocenters. The van der Waals surface area contributed by atoms with Crippen LogP contribution in [0.4, 0.5) is 13.2 Å². The highest BCUT2D eigenvalue weighted by Gasteiger charge is 2.28. The number of nitrogens with zero attached hydrogens (tertiary/aromatic N) is 3. The molecule has 1 aliphatic heterocycles. The van der Waals surface area contributed by atoms with Crippen molar-refractivity contribution in [2.75, 3.05) is 46.0 Å². The van der Waals surface area contributed by atoms with Crippen molar-refractivity contribution in [2.45, 2.75) is 39.5 Å². The van der Waals surface area contributed by atoms with E-state index in [2.05, 4.69) is 44.1 Å². The number of hydrogen-bond acceptors (Lipinski definition) is 5. The van der Waals surface area contributed by atoms with Crippen LogP contribution in [0.25, 0.3) is 0 Å². The number of nitrogens with one attached hydrogen (secondary N) is 2. The van der Waals surface area contributed by atoms with Crippen LogP contribution in [0, 0.1) is 5.92 Å². The van der Waals surface area contributed by atoms with E-state index in [1.165, 1.54) is 12.3 Å². The van der Waals surface area contributed by atoms with Crippen LogP contribution in [0.2, 0.25) is 0 Å². The Morgan fingerprint density at radius 2 is 1.97 bits per heavy atom. The lowest BCUT2D eigenvalue weighted by Crippen LogP contribution is -2.52. The number of guanidine groups is 1. The Kier molecular flexibility index (Phi) is 12.5. The fraction of sp³-hybridized carbons (Fsp3) is 0.700. The van der Waals surface area contributed by atoms with Crippen LogP contribution in [0.5, 0.6) is 5.88 Å². The van der Waals surface area contributed by atoms with E-state index in [4.69, 9.17) is 4.74 Å². The second kappa shape index (κ2) is 13.9. The first kappa shape index (κ1) is 27.7. The molecular formula is C20H33F3IN5O2. The van der Waals surface area contributed by atoms with E-state index in [1.54, 1.807) is 6.07 Å². The Morgan fingerprint density at radius 1 is 1.26 bits per heavy atom. The normalized spacial score (nSPS) is 16.5. The molecule has 1 fully saturated rings. The number of hydrogen-bond donors (Lipinski definition) is 2. The highest BCUT2D eigenvalue weighted by atomic mass is 127. The second-order valence-electron chi connectivity index (χ2n) is 7.44. The van der Waals surface area contributed by atoms with Crippen LogP contribution in [0.1, 0.15) is 26.3 Å². The molecule has 1 aromatic rings. The number of ether oxygens (including phenoxy) is 2. The van der Waals surface area contributed by atoms with Gasteiger partial charge in [-0.25, -0.2) is 9.98 Å². The minimum atomic E-state index is -4.38. The van der Waals surface area contributed by atoms with Crippen molar-refractivity contribution < 1.29 is 22.6 Å². The van der Waals surface area contributed by atoms with Crippen molar-refractivity contribution in [1.82, 2.24) is 20.5 Å². The third-order valence-corrected chi connectivity index (χ3v) is 4.71. The van der Waals surface area contributed by atoms with Gasteiger partial charge in [-0.05, 0) is 18.4 Å². The summed E-state index contributed by atoms with van der Waals surface area (Å²) in [6.07, 6.45) is -2.91. The first-order valence-corrected chi connectivity index (χ1v) is 10.3. The smallest absolute Gasteiger partial charge is 0.422 e.